The molecule has 2 aromatic rings. The third-order valence-corrected chi connectivity index (χ3v) is 3.31. The molecule has 0 fully saturated rings. The zero-order valence-corrected chi connectivity index (χ0v) is 13.6. The maximum absolute atomic E-state index is 12.3. The normalized spacial score (nSPS) is 11.8. The topological polar surface area (TPSA) is 87.3 Å². The van der Waals surface area contributed by atoms with Crippen LogP contribution in [0.3, 0.4) is 0 Å². The van der Waals surface area contributed by atoms with Gasteiger partial charge >= 0.3 is 5.97 Å². The first kappa shape index (κ1) is 16.7. The summed E-state index contributed by atoms with van der Waals surface area (Å²) in [5, 5.41) is 0. The van der Waals surface area contributed by atoms with E-state index in [0.717, 1.165) is 0 Å². The van der Waals surface area contributed by atoms with Crippen molar-refractivity contribution in [1.82, 2.24) is 9.97 Å². The highest BCUT2D eigenvalue weighted by atomic mass is 16.5. The lowest BCUT2D eigenvalue weighted by Gasteiger charge is -2.20. The van der Waals surface area contributed by atoms with Crippen molar-refractivity contribution in [2.75, 3.05) is 12.3 Å². The molecular weight excluding hydrogens is 294 g/mol. The van der Waals surface area contributed by atoms with Crippen LogP contribution in [0.1, 0.15) is 48.1 Å². The van der Waals surface area contributed by atoms with Crippen molar-refractivity contribution in [3.8, 4) is 5.75 Å². The van der Waals surface area contributed by atoms with Crippen molar-refractivity contribution in [3.63, 3.8) is 0 Å². The van der Waals surface area contributed by atoms with Crippen LogP contribution in [-0.2, 0) is 4.74 Å². The summed E-state index contributed by atoms with van der Waals surface area (Å²) >= 11 is 0. The van der Waals surface area contributed by atoms with Crippen LogP contribution in [0.4, 0.5) is 5.95 Å². The van der Waals surface area contributed by atoms with Gasteiger partial charge in [-0.2, -0.15) is 0 Å². The van der Waals surface area contributed by atoms with E-state index in [4.69, 9.17) is 15.2 Å². The average molecular weight is 315 g/mol. The second-order valence-electron chi connectivity index (χ2n) is 4.98. The van der Waals surface area contributed by atoms with Gasteiger partial charge in [0.1, 0.15) is 23.1 Å². The number of ether oxygens (including phenoxy) is 2. The molecule has 1 heterocycles. The zero-order chi connectivity index (χ0) is 16.8. The van der Waals surface area contributed by atoms with Crippen LogP contribution in [0, 0.1) is 6.92 Å². The number of rotatable bonds is 6. The number of carbonyl (C=O) groups excluding carboxylic acids is 1. The number of carbonyl (C=O) groups is 1. The molecular formula is C17H21N3O3. The van der Waals surface area contributed by atoms with Gasteiger partial charge in [0.25, 0.3) is 0 Å². The van der Waals surface area contributed by atoms with E-state index >= 15 is 0 Å². The molecule has 23 heavy (non-hydrogen) atoms. The Morgan fingerprint density at radius 3 is 2.52 bits per heavy atom. The zero-order valence-electron chi connectivity index (χ0n) is 13.6. The minimum Gasteiger partial charge on any atom is -0.484 e. The van der Waals surface area contributed by atoms with Crippen LogP contribution in [0.15, 0.2) is 30.3 Å². The number of aromatic nitrogens is 2. The molecule has 0 radical (unpaired) electrons. The molecule has 0 aliphatic carbocycles. The van der Waals surface area contributed by atoms with Crippen molar-refractivity contribution >= 4 is 11.9 Å². The van der Waals surface area contributed by atoms with Crippen molar-refractivity contribution in [2.24, 2.45) is 0 Å². The van der Waals surface area contributed by atoms with E-state index in [1.165, 1.54) is 0 Å². The summed E-state index contributed by atoms with van der Waals surface area (Å²) in [4.78, 5) is 20.6. The number of para-hydroxylation sites is 1. The molecule has 0 saturated carbocycles. The Hall–Kier alpha value is -2.63. The van der Waals surface area contributed by atoms with E-state index in [9.17, 15) is 4.79 Å². The quantitative estimate of drug-likeness (QED) is 0.824. The minimum atomic E-state index is -0.463. The standard InChI is InChI=1S/C17H21N3O3/c1-4-13(23-12-9-7-6-8-10-12)15-14(16(21)22-5-2)11(3)19-17(18)20-15/h6-10,13H,4-5H2,1-3H3,(H2,18,19,20). The van der Waals surface area contributed by atoms with Crippen LogP contribution in [0.5, 0.6) is 5.75 Å². The highest BCUT2D eigenvalue weighted by Crippen LogP contribution is 2.28. The molecule has 2 N–H and O–H groups in total. The summed E-state index contributed by atoms with van der Waals surface area (Å²) in [5.74, 6) is 0.347. The molecule has 0 spiro atoms. The van der Waals surface area contributed by atoms with Gasteiger partial charge in [0.2, 0.25) is 5.95 Å². The highest BCUT2D eigenvalue weighted by Gasteiger charge is 2.26. The molecule has 2 rings (SSSR count). The molecule has 6 nitrogen and oxygen atoms in total. The van der Waals surface area contributed by atoms with Crippen LogP contribution in [0.2, 0.25) is 0 Å². The Bertz CT molecular complexity index is 674. The van der Waals surface area contributed by atoms with E-state index in [0.29, 0.717) is 29.1 Å². The van der Waals surface area contributed by atoms with Gasteiger partial charge in [0.05, 0.1) is 12.3 Å². The van der Waals surface area contributed by atoms with Crippen molar-refractivity contribution in [1.29, 1.82) is 0 Å². The van der Waals surface area contributed by atoms with Gasteiger partial charge in [0, 0.05) is 0 Å². The summed E-state index contributed by atoms with van der Waals surface area (Å²) in [6.45, 7) is 5.69. The molecule has 1 atom stereocenters. The molecule has 6 heteroatoms. The number of hydrogen-bond donors (Lipinski definition) is 1. The fraction of sp³-hybridized carbons (Fsp3) is 0.353. The van der Waals surface area contributed by atoms with Crippen LogP contribution in [-0.4, -0.2) is 22.5 Å². The molecule has 1 aromatic heterocycles. The number of benzene rings is 1. The van der Waals surface area contributed by atoms with Gasteiger partial charge in [-0.3, -0.25) is 0 Å². The molecule has 0 saturated heterocycles. The summed E-state index contributed by atoms with van der Waals surface area (Å²) in [6, 6.07) is 9.38. The van der Waals surface area contributed by atoms with Gasteiger partial charge in [-0.1, -0.05) is 25.1 Å². The fourth-order valence-electron chi connectivity index (χ4n) is 2.30. The van der Waals surface area contributed by atoms with Crippen LogP contribution in [0.25, 0.3) is 0 Å². The third kappa shape index (κ3) is 3.97. The summed E-state index contributed by atoms with van der Waals surface area (Å²) in [5.41, 5.74) is 7.03. The first-order valence-corrected chi connectivity index (χ1v) is 7.59. The SMILES string of the molecule is CCOC(=O)c1c(C)nc(N)nc1C(CC)Oc1ccccc1. The van der Waals surface area contributed by atoms with Crippen molar-refractivity contribution in [2.45, 2.75) is 33.3 Å². The van der Waals surface area contributed by atoms with Crippen LogP contribution < -0.4 is 10.5 Å². The number of aryl methyl sites for hydroxylation is 1. The van der Waals surface area contributed by atoms with Gasteiger partial charge < -0.3 is 15.2 Å². The smallest absolute Gasteiger partial charge is 0.342 e. The Balaban J connectivity index is 2.44. The maximum Gasteiger partial charge on any atom is 0.342 e. The van der Waals surface area contributed by atoms with E-state index in [1.54, 1.807) is 13.8 Å². The van der Waals surface area contributed by atoms with E-state index in [-0.39, 0.29) is 12.6 Å². The van der Waals surface area contributed by atoms with E-state index in [1.807, 2.05) is 37.3 Å². The van der Waals surface area contributed by atoms with E-state index < -0.39 is 12.1 Å². The molecule has 0 aliphatic heterocycles. The first-order valence-electron chi connectivity index (χ1n) is 7.59. The lowest BCUT2D eigenvalue weighted by atomic mass is 10.1. The molecule has 1 unspecified atom stereocenters. The van der Waals surface area contributed by atoms with Gasteiger partial charge in [-0.25, -0.2) is 14.8 Å². The predicted octanol–water partition coefficient (Wildman–Crippen LogP) is 3.07. The van der Waals surface area contributed by atoms with Crippen molar-refractivity contribution < 1.29 is 14.3 Å². The Morgan fingerprint density at radius 1 is 1.22 bits per heavy atom. The number of esters is 1. The second kappa shape index (κ2) is 7.58. The summed E-state index contributed by atoms with van der Waals surface area (Å²) < 4.78 is 11.1. The predicted molar refractivity (Wildman–Crippen MR) is 87.2 cm³/mol. The van der Waals surface area contributed by atoms with Crippen LogP contribution >= 0.6 is 0 Å². The number of nitrogens with two attached hydrogens (primary N) is 1. The summed E-state index contributed by atoms with van der Waals surface area (Å²) in [6.07, 6.45) is 0.206. The average Bonchev–Trinajstić information content (AvgIpc) is 2.53. The Labute approximate surface area is 135 Å². The number of anilines is 1. The maximum atomic E-state index is 12.3. The van der Waals surface area contributed by atoms with Gasteiger partial charge in [-0.05, 0) is 32.4 Å². The first-order chi connectivity index (χ1) is 11.1. The Morgan fingerprint density at radius 2 is 1.91 bits per heavy atom. The molecule has 0 amide bonds. The highest BCUT2D eigenvalue weighted by molar-refractivity contribution is 5.92. The Kier molecular flexibility index (Phi) is 5.51. The largest absolute Gasteiger partial charge is 0.484 e. The van der Waals surface area contributed by atoms with E-state index in [2.05, 4.69) is 9.97 Å². The van der Waals surface area contributed by atoms with Gasteiger partial charge in [-0.15, -0.1) is 0 Å². The molecule has 122 valence electrons. The molecule has 1 aromatic carbocycles. The molecule has 0 bridgehead atoms. The molecule has 0 aliphatic rings. The lowest BCUT2D eigenvalue weighted by Crippen LogP contribution is -2.20. The number of nitrogens with zero attached hydrogens (tertiary/aromatic N) is 2. The fourth-order valence-corrected chi connectivity index (χ4v) is 2.30. The third-order valence-electron chi connectivity index (χ3n) is 3.31. The van der Waals surface area contributed by atoms with Crippen molar-refractivity contribution in [3.05, 3.63) is 47.3 Å². The summed E-state index contributed by atoms with van der Waals surface area (Å²) in [7, 11) is 0. The van der Waals surface area contributed by atoms with Gasteiger partial charge in [0.15, 0.2) is 0 Å². The second-order valence-corrected chi connectivity index (χ2v) is 4.98. The number of nitrogen functional groups attached to an aromatic ring is 1. The minimum absolute atomic E-state index is 0.112. The monoisotopic (exact) mass is 315 g/mol. The lowest BCUT2D eigenvalue weighted by molar-refractivity contribution is 0.0517. The number of hydrogen-bond acceptors (Lipinski definition) is 6.